The predicted molar refractivity (Wildman–Crippen MR) is 55.3 cm³/mol. The van der Waals surface area contributed by atoms with E-state index in [1.807, 2.05) is 0 Å². The monoisotopic (exact) mass is 207 g/mol. The molecule has 1 amide bonds. The third kappa shape index (κ3) is 2.18. The van der Waals surface area contributed by atoms with Gasteiger partial charge in [0.2, 0.25) is 5.91 Å². The number of amides is 1. The summed E-state index contributed by atoms with van der Waals surface area (Å²) in [5.41, 5.74) is 5.45. The molecule has 1 aliphatic heterocycles. The van der Waals surface area contributed by atoms with Crippen LogP contribution >= 0.6 is 0 Å². The molecule has 5 nitrogen and oxygen atoms in total. The summed E-state index contributed by atoms with van der Waals surface area (Å²) in [6, 6.07) is 3.47. The Kier molecular flexibility index (Phi) is 2.45. The molecule has 0 spiro atoms. The van der Waals surface area contributed by atoms with Crippen molar-refractivity contribution < 1.29 is 9.53 Å². The number of carbonyl (C=O) groups excluding carboxylic acids is 1. The molecule has 15 heavy (non-hydrogen) atoms. The average molecular weight is 207 g/mol. The highest BCUT2D eigenvalue weighted by Gasteiger charge is 2.30. The molecule has 1 aromatic heterocycles. The average Bonchev–Trinajstić information content (AvgIpc) is 2.13. The lowest BCUT2D eigenvalue weighted by atomic mass is 10.1. The van der Waals surface area contributed by atoms with Crippen LogP contribution in [0, 0.1) is 0 Å². The first-order chi connectivity index (χ1) is 7.15. The van der Waals surface area contributed by atoms with Crippen molar-refractivity contribution in [2.45, 2.75) is 13.0 Å². The van der Waals surface area contributed by atoms with Crippen LogP contribution in [0.1, 0.15) is 6.92 Å². The van der Waals surface area contributed by atoms with Crippen molar-refractivity contribution in [3.8, 4) is 5.75 Å². The van der Waals surface area contributed by atoms with Gasteiger partial charge in [0.05, 0.1) is 19.3 Å². The number of pyridine rings is 1. The Bertz CT molecular complexity index is 357. The second-order valence-electron chi connectivity index (χ2n) is 3.58. The minimum Gasteiger partial charge on any atom is -0.485 e. The van der Waals surface area contributed by atoms with Gasteiger partial charge < -0.3 is 15.4 Å². The van der Waals surface area contributed by atoms with Crippen LogP contribution in [0.2, 0.25) is 0 Å². The summed E-state index contributed by atoms with van der Waals surface area (Å²) >= 11 is 0. The van der Waals surface area contributed by atoms with Crippen LogP contribution in [-0.2, 0) is 4.79 Å². The Hall–Kier alpha value is -1.78. The molecule has 1 aromatic rings. The molecule has 1 fully saturated rings. The second-order valence-corrected chi connectivity index (χ2v) is 3.58. The molecule has 2 heterocycles. The molecule has 0 aromatic carbocycles. The zero-order valence-electron chi connectivity index (χ0n) is 8.51. The lowest BCUT2D eigenvalue weighted by Gasteiger charge is -2.38. The first kappa shape index (κ1) is 9.76. The molecule has 2 N–H and O–H groups in total. The number of aromatic nitrogens is 1. The van der Waals surface area contributed by atoms with Crippen molar-refractivity contribution in [2.24, 2.45) is 0 Å². The predicted octanol–water partition coefficient (Wildman–Crippen LogP) is 0.273. The van der Waals surface area contributed by atoms with Crippen molar-refractivity contribution in [3.05, 3.63) is 18.3 Å². The van der Waals surface area contributed by atoms with Gasteiger partial charge in [0, 0.05) is 6.92 Å². The zero-order valence-corrected chi connectivity index (χ0v) is 8.51. The standard InChI is InChI=1S/C10H13N3O2/c1-7(14)13-5-9(6-13)15-8-2-3-10(11)12-4-8/h2-4,9H,5-6H2,1H3,(H2,11,12). The third-order valence-electron chi connectivity index (χ3n) is 2.36. The molecule has 0 bridgehead atoms. The second kappa shape index (κ2) is 3.76. The number of likely N-dealkylation sites (tertiary alicyclic amines) is 1. The van der Waals surface area contributed by atoms with E-state index >= 15 is 0 Å². The Labute approximate surface area is 87.8 Å². The van der Waals surface area contributed by atoms with Crippen LogP contribution < -0.4 is 10.5 Å². The summed E-state index contributed by atoms with van der Waals surface area (Å²) < 4.78 is 5.57. The maximum Gasteiger partial charge on any atom is 0.219 e. The quantitative estimate of drug-likeness (QED) is 0.756. The molecule has 2 rings (SSSR count). The normalized spacial score (nSPS) is 15.9. The minimum atomic E-state index is 0.0827. The van der Waals surface area contributed by atoms with Gasteiger partial charge in [-0.25, -0.2) is 4.98 Å². The van der Waals surface area contributed by atoms with Crippen LogP contribution in [0.4, 0.5) is 5.82 Å². The molecule has 5 heteroatoms. The van der Waals surface area contributed by atoms with Gasteiger partial charge in [-0.15, -0.1) is 0 Å². The fourth-order valence-corrected chi connectivity index (χ4v) is 1.42. The summed E-state index contributed by atoms with van der Waals surface area (Å²) in [6.45, 7) is 2.86. The topological polar surface area (TPSA) is 68.5 Å². The van der Waals surface area contributed by atoms with Crippen LogP contribution in [0.3, 0.4) is 0 Å². The lowest BCUT2D eigenvalue weighted by Crippen LogP contribution is -2.55. The van der Waals surface area contributed by atoms with E-state index in [1.165, 1.54) is 0 Å². The molecule has 80 valence electrons. The van der Waals surface area contributed by atoms with E-state index in [0.717, 1.165) is 0 Å². The SMILES string of the molecule is CC(=O)N1CC(Oc2ccc(N)nc2)C1. The van der Waals surface area contributed by atoms with E-state index in [4.69, 9.17) is 10.5 Å². The highest BCUT2D eigenvalue weighted by molar-refractivity contribution is 5.74. The van der Waals surface area contributed by atoms with Gasteiger partial charge in [-0.1, -0.05) is 0 Å². The summed E-state index contributed by atoms with van der Waals surface area (Å²) in [5, 5.41) is 0. The van der Waals surface area contributed by atoms with Crippen molar-refractivity contribution in [3.63, 3.8) is 0 Å². The summed E-state index contributed by atoms with van der Waals surface area (Å²) in [7, 11) is 0. The number of hydrogen-bond donors (Lipinski definition) is 1. The maximum absolute atomic E-state index is 10.9. The fraction of sp³-hybridized carbons (Fsp3) is 0.400. The Balaban J connectivity index is 1.85. The van der Waals surface area contributed by atoms with E-state index in [0.29, 0.717) is 24.7 Å². The van der Waals surface area contributed by atoms with Crippen LogP contribution in [0.25, 0.3) is 0 Å². The molecule has 0 unspecified atom stereocenters. The molecule has 1 saturated heterocycles. The molecular formula is C10H13N3O2. The number of hydrogen-bond acceptors (Lipinski definition) is 4. The van der Waals surface area contributed by atoms with E-state index < -0.39 is 0 Å². The smallest absolute Gasteiger partial charge is 0.219 e. The number of nitrogens with zero attached hydrogens (tertiary/aromatic N) is 2. The summed E-state index contributed by atoms with van der Waals surface area (Å²) in [6.07, 6.45) is 1.67. The Morgan fingerprint density at radius 1 is 1.60 bits per heavy atom. The molecule has 0 saturated carbocycles. The third-order valence-corrected chi connectivity index (χ3v) is 2.36. The molecule has 0 aliphatic carbocycles. The number of nitrogens with two attached hydrogens (primary N) is 1. The minimum absolute atomic E-state index is 0.0827. The largest absolute Gasteiger partial charge is 0.485 e. The highest BCUT2D eigenvalue weighted by Crippen LogP contribution is 2.17. The first-order valence-corrected chi connectivity index (χ1v) is 4.79. The number of nitrogen functional groups attached to an aromatic ring is 1. The lowest BCUT2D eigenvalue weighted by molar-refractivity contribution is -0.137. The fourth-order valence-electron chi connectivity index (χ4n) is 1.42. The van der Waals surface area contributed by atoms with Crippen molar-refractivity contribution >= 4 is 11.7 Å². The highest BCUT2D eigenvalue weighted by atomic mass is 16.5. The molecule has 1 aliphatic rings. The van der Waals surface area contributed by atoms with Crippen LogP contribution in [-0.4, -0.2) is 35.0 Å². The van der Waals surface area contributed by atoms with E-state index in [2.05, 4.69) is 4.98 Å². The van der Waals surface area contributed by atoms with E-state index in [-0.39, 0.29) is 12.0 Å². The number of carbonyl (C=O) groups is 1. The van der Waals surface area contributed by atoms with E-state index in [1.54, 1.807) is 30.2 Å². The van der Waals surface area contributed by atoms with Gasteiger partial charge in [-0.05, 0) is 12.1 Å². The first-order valence-electron chi connectivity index (χ1n) is 4.79. The van der Waals surface area contributed by atoms with Gasteiger partial charge in [0.1, 0.15) is 17.7 Å². The van der Waals surface area contributed by atoms with Crippen molar-refractivity contribution in [1.82, 2.24) is 9.88 Å². The molecule has 0 radical (unpaired) electrons. The van der Waals surface area contributed by atoms with Crippen molar-refractivity contribution in [1.29, 1.82) is 0 Å². The zero-order chi connectivity index (χ0) is 10.8. The summed E-state index contributed by atoms with van der Waals surface area (Å²) in [5.74, 6) is 1.25. The maximum atomic E-state index is 10.9. The van der Waals surface area contributed by atoms with Crippen LogP contribution in [0.5, 0.6) is 5.75 Å². The van der Waals surface area contributed by atoms with Crippen molar-refractivity contribution in [2.75, 3.05) is 18.8 Å². The number of rotatable bonds is 2. The summed E-state index contributed by atoms with van der Waals surface area (Å²) in [4.78, 5) is 16.6. The Morgan fingerprint density at radius 2 is 2.33 bits per heavy atom. The van der Waals surface area contributed by atoms with Gasteiger partial charge >= 0.3 is 0 Å². The number of ether oxygens (including phenoxy) is 1. The van der Waals surface area contributed by atoms with Gasteiger partial charge in [0.15, 0.2) is 0 Å². The molecule has 0 atom stereocenters. The van der Waals surface area contributed by atoms with E-state index in [9.17, 15) is 4.79 Å². The molecular weight excluding hydrogens is 194 g/mol. The van der Waals surface area contributed by atoms with Gasteiger partial charge in [0.25, 0.3) is 0 Å². The Morgan fingerprint density at radius 3 is 2.87 bits per heavy atom. The van der Waals surface area contributed by atoms with Gasteiger partial charge in [-0.2, -0.15) is 0 Å². The number of anilines is 1. The van der Waals surface area contributed by atoms with Crippen LogP contribution in [0.15, 0.2) is 18.3 Å². The van der Waals surface area contributed by atoms with Gasteiger partial charge in [-0.3, -0.25) is 4.79 Å².